The van der Waals surface area contributed by atoms with Gasteiger partial charge in [-0.15, -0.1) is 0 Å². The second kappa shape index (κ2) is 14.4. The number of aliphatic hydroxyl groups excluding tert-OH is 1. The van der Waals surface area contributed by atoms with Crippen LogP contribution in [0.2, 0.25) is 5.28 Å². The molecule has 3 atom stereocenters. The zero-order chi connectivity index (χ0) is 33.8. The highest BCUT2D eigenvalue weighted by molar-refractivity contribution is 6.28. The standard InChI is InChI=1S/C33H44ClN5O7/c1-8-9-10-11-12-24(42)36-29-28-30(38-31(34)37-29)39(18-35-28)25-15-23(33(7,17-40)46-25)45-26(43)16-32(5,6)27-20(3)13-19(2)14-22(27)44-21(4)41/h13-14,18,23,25,40H,8-12,15-17H2,1-7H3,(H,36,37,38,42)/t23-,25+,33+/m0/s1. The number of esters is 2. The van der Waals surface area contributed by atoms with E-state index in [1.165, 1.54) is 13.3 Å². The van der Waals surface area contributed by atoms with Crippen molar-refractivity contribution in [1.29, 1.82) is 0 Å². The number of imidazole rings is 1. The fraction of sp³-hybridized carbons (Fsp3) is 0.576. The van der Waals surface area contributed by atoms with Crippen LogP contribution in [0.15, 0.2) is 18.5 Å². The number of aryl methyl sites for hydroxylation is 2. The summed E-state index contributed by atoms with van der Waals surface area (Å²) in [6, 6.07) is 3.76. The topological polar surface area (TPSA) is 155 Å². The van der Waals surface area contributed by atoms with Crippen LogP contribution in [-0.2, 0) is 29.3 Å². The van der Waals surface area contributed by atoms with Crippen molar-refractivity contribution >= 4 is 46.4 Å². The molecule has 0 aliphatic carbocycles. The number of ether oxygens (including phenoxy) is 3. The minimum Gasteiger partial charge on any atom is -0.459 e. The van der Waals surface area contributed by atoms with Crippen molar-refractivity contribution in [3.63, 3.8) is 0 Å². The van der Waals surface area contributed by atoms with E-state index in [2.05, 4.69) is 27.2 Å². The van der Waals surface area contributed by atoms with Gasteiger partial charge >= 0.3 is 11.9 Å². The Labute approximate surface area is 274 Å². The van der Waals surface area contributed by atoms with E-state index < -0.39 is 41.9 Å². The summed E-state index contributed by atoms with van der Waals surface area (Å²) in [7, 11) is 0. The average Bonchev–Trinajstić information content (AvgIpc) is 3.51. The predicted octanol–water partition coefficient (Wildman–Crippen LogP) is 5.88. The number of anilines is 1. The number of aliphatic hydroxyl groups is 1. The number of benzene rings is 1. The molecule has 1 aliphatic heterocycles. The second-order valence-corrected chi connectivity index (χ2v) is 13.2. The molecule has 0 saturated carbocycles. The van der Waals surface area contributed by atoms with E-state index in [9.17, 15) is 19.5 Å². The van der Waals surface area contributed by atoms with Crippen LogP contribution in [0.25, 0.3) is 11.2 Å². The molecule has 1 amide bonds. The summed E-state index contributed by atoms with van der Waals surface area (Å²) in [5.74, 6) is -0.540. The Balaban J connectivity index is 1.52. The first kappa shape index (κ1) is 35.2. The van der Waals surface area contributed by atoms with E-state index in [0.717, 1.165) is 42.4 Å². The first-order chi connectivity index (χ1) is 21.7. The largest absolute Gasteiger partial charge is 0.459 e. The zero-order valence-corrected chi connectivity index (χ0v) is 28.4. The highest BCUT2D eigenvalue weighted by atomic mass is 35.5. The fourth-order valence-electron chi connectivity index (χ4n) is 6.12. The van der Waals surface area contributed by atoms with E-state index >= 15 is 0 Å². The Morgan fingerprint density at radius 2 is 1.93 bits per heavy atom. The molecule has 1 saturated heterocycles. The molecule has 2 N–H and O–H groups in total. The smallest absolute Gasteiger partial charge is 0.308 e. The van der Waals surface area contributed by atoms with Gasteiger partial charge in [-0.2, -0.15) is 9.97 Å². The molecule has 13 heteroatoms. The van der Waals surface area contributed by atoms with Gasteiger partial charge in [-0.25, -0.2) is 4.98 Å². The van der Waals surface area contributed by atoms with E-state index in [-0.39, 0.29) is 29.9 Å². The van der Waals surface area contributed by atoms with Crippen LogP contribution in [0.4, 0.5) is 5.82 Å². The highest BCUT2D eigenvalue weighted by Gasteiger charge is 2.49. The van der Waals surface area contributed by atoms with Gasteiger partial charge in [-0.05, 0) is 56.0 Å². The quantitative estimate of drug-likeness (QED) is 0.0985. The Kier molecular flexibility index (Phi) is 11.1. The lowest BCUT2D eigenvalue weighted by molar-refractivity contribution is -0.165. The average molecular weight is 658 g/mol. The Bertz CT molecular complexity index is 1610. The van der Waals surface area contributed by atoms with E-state index in [4.69, 9.17) is 25.8 Å². The number of amides is 1. The van der Waals surface area contributed by atoms with Crippen molar-refractivity contribution in [2.75, 3.05) is 11.9 Å². The third-order valence-electron chi connectivity index (χ3n) is 8.27. The molecule has 0 unspecified atom stereocenters. The van der Waals surface area contributed by atoms with Gasteiger partial charge in [0.25, 0.3) is 0 Å². The third kappa shape index (κ3) is 8.02. The summed E-state index contributed by atoms with van der Waals surface area (Å²) in [6.45, 7) is 12.3. The summed E-state index contributed by atoms with van der Waals surface area (Å²) in [5, 5.41) is 13.1. The molecule has 0 spiro atoms. The Morgan fingerprint density at radius 1 is 1.20 bits per heavy atom. The molecule has 1 aromatic carbocycles. The molecule has 3 aromatic rings. The molecule has 12 nitrogen and oxygen atoms in total. The SMILES string of the molecule is CCCCCCC(=O)Nc1nc(Cl)nc2c1ncn2[C@H]1C[C@H](OC(=O)CC(C)(C)c2c(C)cc(C)cc2OC(C)=O)[C@@](C)(CO)O1. The molecule has 2 aromatic heterocycles. The number of halogens is 1. The summed E-state index contributed by atoms with van der Waals surface area (Å²) in [4.78, 5) is 50.8. The van der Waals surface area contributed by atoms with Crippen LogP contribution in [0.3, 0.4) is 0 Å². The minimum atomic E-state index is -1.23. The maximum atomic E-state index is 13.4. The number of carbonyl (C=O) groups is 3. The molecule has 250 valence electrons. The molecular weight excluding hydrogens is 614 g/mol. The number of carbonyl (C=O) groups excluding carboxylic acids is 3. The van der Waals surface area contributed by atoms with Gasteiger partial charge in [0.2, 0.25) is 11.2 Å². The second-order valence-electron chi connectivity index (χ2n) is 12.9. The lowest BCUT2D eigenvalue weighted by Crippen LogP contribution is -2.43. The van der Waals surface area contributed by atoms with Crippen LogP contribution >= 0.6 is 11.6 Å². The van der Waals surface area contributed by atoms with Gasteiger partial charge < -0.3 is 24.6 Å². The summed E-state index contributed by atoms with van der Waals surface area (Å²) in [5.41, 5.74) is 1.24. The lowest BCUT2D eigenvalue weighted by atomic mass is 9.78. The molecule has 3 heterocycles. The van der Waals surface area contributed by atoms with Crippen LogP contribution in [0, 0.1) is 13.8 Å². The number of nitrogens with one attached hydrogen (secondary N) is 1. The number of rotatable bonds is 13. The van der Waals surface area contributed by atoms with E-state index in [1.54, 1.807) is 17.6 Å². The molecule has 0 bridgehead atoms. The number of nitrogens with zero attached hydrogens (tertiary/aromatic N) is 4. The number of hydrogen-bond donors (Lipinski definition) is 2. The summed E-state index contributed by atoms with van der Waals surface area (Å²) >= 11 is 6.25. The molecular formula is C33H44ClN5O7. The minimum absolute atomic E-state index is 0.0216. The first-order valence-electron chi connectivity index (χ1n) is 15.7. The summed E-state index contributed by atoms with van der Waals surface area (Å²) < 4.78 is 19.4. The molecule has 1 aliphatic rings. The number of hydrogen-bond acceptors (Lipinski definition) is 10. The first-order valence-corrected chi connectivity index (χ1v) is 16.0. The fourth-order valence-corrected chi connectivity index (χ4v) is 6.29. The van der Waals surface area contributed by atoms with Crippen molar-refractivity contribution < 1.29 is 33.7 Å². The number of aromatic nitrogens is 4. The highest BCUT2D eigenvalue weighted by Crippen LogP contribution is 2.42. The van der Waals surface area contributed by atoms with Crippen molar-refractivity contribution in [1.82, 2.24) is 19.5 Å². The molecule has 4 rings (SSSR count). The van der Waals surface area contributed by atoms with E-state index in [1.807, 2.05) is 33.8 Å². The van der Waals surface area contributed by atoms with Gasteiger partial charge in [-0.1, -0.05) is 46.1 Å². The van der Waals surface area contributed by atoms with Crippen LogP contribution in [0.5, 0.6) is 5.75 Å². The third-order valence-corrected chi connectivity index (χ3v) is 8.44. The van der Waals surface area contributed by atoms with Gasteiger partial charge in [0.15, 0.2) is 17.0 Å². The zero-order valence-electron chi connectivity index (χ0n) is 27.6. The van der Waals surface area contributed by atoms with Crippen molar-refractivity contribution in [3.8, 4) is 5.75 Å². The maximum absolute atomic E-state index is 13.4. The number of unbranched alkanes of at least 4 members (excludes halogenated alkanes) is 3. The Morgan fingerprint density at radius 3 is 2.61 bits per heavy atom. The molecule has 46 heavy (non-hydrogen) atoms. The predicted molar refractivity (Wildman–Crippen MR) is 173 cm³/mol. The van der Waals surface area contributed by atoms with Gasteiger partial charge in [0, 0.05) is 30.7 Å². The van der Waals surface area contributed by atoms with E-state index in [0.29, 0.717) is 23.3 Å². The van der Waals surface area contributed by atoms with Crippen molar-refractivity contribution in [3.05, 3.63) is 40.4 Å². The maximum Gasteiger partial charge on any atom is 0.308 e. The van der Waals surface area contributed by atoms with Crippen LogP contribution in [0.1, 0.15) is 102 Å². The van der Waals surface area contributed by atoms with Crippen LogP contribution in [-0.4, -0.2) is 60.8 Å². The van der Waals surface area contributed by atoms with Crippen molar-refractivity contribution in [2.45, 2.75) is 117 Å². The molecule has 1 fully saturated rings. The number of fused-ring (bicyclic) bond motifs is 1. The Hall–Kier alpha value is -3.61. The molecule has 0 radical (unpaired) electrons. The normalized spacial score (nSPS) is 19.8. The lowest BCUT2D eigenvalue weighted by Gasteiger charge is -2.31. The van der Waals surface area contributed by atoms with Gasteiger partial charge in [0.1, 0.15) is 23.7 Å². The van der Waals surface area contributed by atoms with Gasteiger partial charge in [0.05, 0.1) is 19.4 Å². The monoisotopic (exact) mass is 657 g/mol. The van der Waals surface area contributed by atoms with Gasteiger partial charge in [-0.3, -0.25) is 19.0 Å². The summed E-state index contributed by atoms with van der Waals surface area (Å²) in [6.07, 6.45) is 4.36. The van der Waals surface area contributed by atoms with Crippen LogP contribution < -0.4 is 10.1 Å². The van der Waals surface area contributed by atoms with Crippen molar-refractivity contribution in [2.24, 2.45) is 0 Å².